The van der Waals surface area contributed by atoms with Crippen LogP contribution in [-0.4, -0.2) is 52.8 Å². The van der Waals surface area contributed by atoms with E-state index in [1.165, 1.54) is 6.42 Å². The van der Waals surface area contributed by atoms with Crippen LogP contribution in [0.1, 0.15) is 78.6 Å². The molecule has 0 radical (unpaired) electrons. The minimum Gasteiger partial charge on any atom is -0.444 e. The van der Waals surface area contributed by atoms with Gasteiger partial charge in [-0.3, -0.25) is 4.79 Å². The highest BCUT2D eigenvalue weighted by Crippen LogP contribution is 2.40. The van der Waals surface area contributed by atoms with Gasteiger partial charge in [-0.15, -0.1) is 0 Å². The molecule has 2 unspecified atom stereocenters. The molecule has 0 aromatic rings. The van der Waals surface area contributed by atoms with E-state index in [1.54, 1.807) is 0 Å². The number of hydrogen-bond acceptors (Lipinski definition) is 4. The van der Waals surface area contributed by atoms with Crippen LogP contribution in [0.4, 0.5) is 4.79 Å². The first-order chi connectivity index (χ1) is 13.2. The number of rotatable bonds is 3. The number of carbonyl (C=O) groups excluding carboxylic acids is 2. The number of nitrogens with one attached hydrogen (secondary N) is 1. The summed E-state index contributed by atoms with van der Waals surface area (Å²) in [4.78, 5) is 26.8. The van der Waals surface area contributed by atoms with E-state index >= 15 is 0 Å². The van der Waals surface area contributed by atoms with E-state index in [4.69, 9.17) is 4.74 Å². The van der Waals surface area contributed by atoms with Crippen molar-refractivity contribution in [3.05, 3.63) is 0 Å². The molecule has 2 aliphatic carbocycles. The lowest BCUT2D eigenvalue weighted by Crippen LogP contribution is -2.55. The predicted molar refractivity (Wildman–Crippen MR) is 108 cm³/mol. The van der Waals surface area contributed by atoms with Gasteiger partial charge in [0.1, 0.15) is 5.60 Å². The third kappa shape index (κ3) is 5.40. The number of nitrogens with zero attached hydrogens (tertiary/aromatic N) is 1. The minimum absolute atomic E-state index is 0.104. The Hall–Kier alpha value is -1.30. The van der Waals surface area contributed by atoms with Crippen molar-refractivity contribution in [3.63, 3.8) is 0 Å². The SMILES string of the molecule is CC(C)(C)OC(=O)NCC1CCC(C(=O)N2CCC3(O)CCCCC3C2)CC1. The van der Waals surface area contributed by atoms with Crippen molar-refractivity contribution in [1.82, 2.24) is 10.2 Å². The largest absolute Gasteiger partial charge is 0.444 e. The molecule has 2 atom stereocenters. The summed E-state index contributed by atoms with van der Waals surface area (Å²) in [5.41, 5.74) is -1.01. The van der Waals surface area contributed by atoms with E-state index < -0.39 is 11.2 Å². The average Bonchev–Trinajstić information content (AvgIpc) is 2.64. The zero-order valence-electron chi connectivity index (χ0n) is 17.8. The first-order valence-corrected chi connectivity index (χ1v) is 11.1. The van der Waals surface area contributed by atoms with Gasteiger partial charge < -0.3 is 20.1 Å². The highest BCUT2D eigenvalue weighted by atomic mass is 16.6. The Kier molecular flexibility index (Phi) is 6.58. The van der Waals surface area contributed by atoms with Gasteiger partial charge >= 0.3 is 6.09 Å². The first-order valence-electron chi connectivity index (χ1n) is 11.1. The maximum absolute atomic E-state index is 13.0. The van der Waals surface area contributed by atoms with E-state index in [2.05, 4.69) is 5.32 Å². The van der Waals surface area contributed by atoms with Crippen LogP contribution in [0, 0.1) is 17.8 Å². The molecule has 28 heavy (non-hydrogen) atoms. The third-order valence-corrected chi connectivity index (χ3v) is 6.87. The summed E-state index contributed by atoms with van der Waals surface area (Å²) < 4.78 is 5.29. The summed E-state index contributed by atoms with van der Waals surface area (Å²) in [6.45, 7) is 7.63. The number of likely N-dealkylation sites (tertiary alicyclic amines) is 1. The molecular formula is C22H38N2O4. The van der Waals surface area contributed by atoms with E-state index in [-0.39, 0.29) is 23.8 Å². The third-order valence-electron chi connectivity index (χ3n) is 6.87. The zero-order valence-corrected chi connectivity index (χ0v) is 17.8. The summed E-state index contributed by atoms with van der Waals surface area (Å²) >= 11 is 0. The molecule has 2 N–H and O–H groups in total. The molecule has 0 spiro atoms. The van der Waals surface area contributed by atoms with Crippen molar-refractivity contribution in [2.24, 2.45) is 17.8 Å². The van der Waals surface area contributed by atoms with Crippen molar-refractivity contribution in [3.8, 4) is 0 Å². The Morgan fingerprint density at radius 1 is 1.11 bits per heavy atom. The molecule has 6 heteroatoms. The number of carbonyl (C=O) groups is 2. The quantitative estimate of drug-likeness (QED) is 0.768. The Labute approximate surface area is 169 Å². The average molecular weight is 395 g/mol. The van der Waals surface area contributed by atoms with E-state index in [1.807, 2.05) is 25.7 Å². The Morgan fingerprint density at radius 2 is 1.82 bits per heavy atom. The lowest BCUT2D eigenvalue weighted by molar-refractivity contribution is -0.148. The second kappa shape index (κ2) is 8.60. The number of amides is 2. The van der Waals surface area contributed by atoms with Crippen molar-refractivity contribution >= 4 is 12.0 Å². The standard InChI is InChI=1S/C22H38N2O4/c1-21(2,3)28-20(26)23-14-16-7-9-17(10-8-16)19(25)24-13-12-22(27)11-5-4-6-18(22)15-24/h16-18,27H,4-15H2,1-3H3,(H,23,26). The molecule has 3 aliphatic rings. The van der Waals surface area contributed by atoms with Gasteiger partial charge in [0.15, 0.2) is 0 Å². The van der Waals surface area contributed by atoms with Crippen molar-refractivity contribution in [2.45, 2.75) is 89.8 Å². The maximum Gasteiger partial charge on any atom is 0.407 e. The second-order valence-corrected chi connectivity index (χ2v) is 10.2. The van der Waals surface area contributed by atoms with Crippen molar-refractivity contribution in [1.29, 1.82) is 0 Å². The topological polar surface area (TPSA) is 78.9 Å². The van der Waals surface area contributed by atoms with Gasteiger partial charge in [-0.1, -0.05) is 12.8 Å². The van der Waals surface area contributed by atoms with Crippen LogP contribution in [0.15, 0.2) is 0 Å². The molecule has 6 nitrogen and oxygen atoms in total. The summed E-state index contributed by atoms with van der Waals surface area (Å²) in [5.74, 6) is 1.06. The molecule has 2 amide bonds. The summed E-state index contributed by atoms with van der Waals surface area (Å²) in [5, 5.41) is 13.7. The Balaban J connectivity index is 1.41. The van der Waals surface area contributed by atoms with Crippen LogP contribution in [0.5, 0.6) is 0 Å². The lowest BCUT2D eigenvalue weighted by Gasteiger charge is -2.48. The molecule has 1 saturated heterocycles. The predicted octanol–water partition coefficient (Wildman–Crippen LogP) is 3.47. The van der Waals surface area contributed by atoms with Gasteiger partial charge in [-0.05, 0) is 71.6 Å². The number of hydrogen-bond donors (Lipinski definition) is 2. The monoisotopic (exact) mass is 394 g/mol. The van der Waals surface area contributed by atoms with Gasteiger partial charge in [-0.25, -0.2) is 4.79 Å². The second-order valence-electron chi connectivity index (χ2n) is 10.2. The molecule has 0 aromatic carbocycles. The zero-order chi connectivity index (χ0) is 20.4. The molecule has 3 rings (SSSR count). The summed E-state index contributed by atoms with van der Waals surface area (Å²) in [7, 11) is 0. The molecular weight excluding hydrogens is 356 g/mol. The number of alkyl carbamates (subject to hydrolysis) is 1. The number of ether oxygens (including phenoxy) is 1. The first kappa shape index (κ1) is 21.4. The maximum atomic E-state index is 13.0. The molecule has 1 aliphatic heterocycles. The smallest absolute Gasteiger partial charge is 0.407 e. The van der Waals surface area contributed by atoms with Gasteiger partial charge in [0.2, 0.25) is 5.91 Å². The van der Waals surface area contributed by atoms with Crippen LogP contribution in [0.25, 0.3) is 0 Å². The Morgan fingerprint density at radius 3 is 2.50 bits per heavy atom. The van der Waals surface area contributed by atoms with Gasteiger partial charge in [0.25, 0.3) is 0 Å². The molecule has 1 heterocycles. The van der Waals surface area contributed by atoms with E-state index in [9.17, 15) is 14.7 Å². The molecule has 160 valence electrons. The van der Waals surface area contributed by atoms with Crippen LogP contribution in [0.2, 0.25) is 0 Å². The van der Waals surface area contributed by atoms with Gasteiger partial charge in [0, 0.05) is 31.5 Å². The number of piperidine rings is 1. The van der Waals surface area contributed by atoms with Crippen LogP contribution in [-0.2, 0) is 9.53 Å². The van der Waals surface area contributed by atoms with Crippen LogP contribution < -0.4 is 5.32 Å². The Bertz CT molecular complexity index is 565. The normalized spacial score (nSPS) is 33.7. The minimum atomic E-state index is -0.528. The number of fused-ring (bicyclic) bond motifs is 1. The van der Waals surface area contributed by atoms with Gasteiger partial charge in [0.05, 0.1) is 5.60 Å². The molecule has 3 fully saturated rings. The molecule has 0 aromatic heterocycles. The summed E-state index contributed by atoms with van der Waals surface area (Å²) in [6.07, 6.45) is 8.32. The highest BCUT2D eigenvalue weighted by Gasteiger charge is 2.44. The fourth-order valence-electron chi connectivity index (χ4n) is 5.18. The van der Waals surface area contributed by atoms with Crippen molar-refractivity contribution in [2.75, 3.05) is 19.6 Å². The highest BCUT2D eigenvalue weighted by molar-refractivity contribution is 5.79. The lowest BCUT2D eigenvalue weighted by atomic mass is 9.71. The van der Waals surface area contributed by atoms with Crippen LogP contribution in [0.3, 0.4) is 0 Å². The summed E-state index contributed by atoms with van der Waals surface area (Å²) in [6, 6.07) is 0. The van der Waals surface area contributed by atoms with Crippen molar-refractivity contribution < 1.29 is 19.4 Å². The molecule has 2 saturated carbocycles. The van der Waals surface area contributed by atoms with Gasteiger partial charge in [-0.2, -0.15) is 0 Å². The van der Waals surface area contributed by atoms with E-state index in [0.717, 1.165) is 57.9 Å². The molecule has 0 bridgehead atoms. The fraction of sp³-hybridized carbons (Fsp3) is 0.909. The number of aliphatic hydroxyl groups is 1. The van der Waals surface area contributed by atoms with Crippen LogP contribution >= 0.6 is 0 Å². The van der Waals surface area contributed by atoms with E-state index in [0.29, 0.717) is 19.0 Å². The fourth-order valence-corrected chi connectivity index (χ4v) is 5.18.